The van der Waals surface area contributed by atoms with E-state index >= 15 is 0 Å². The third kappa shape index (κ3) is 4.00. The predicted octanol–water partition coefficient (Wildman–Crippen LogP) is 3.96. The molecule has 0 fully saturated rings. The smallest absolute Gasteiger partial charge is 0.246 e. The van der Waals surface area contributed by atoms with Crippen molar-refractivity contribution in [2.45, 2.75) is 19.9 Å². The number of carbonyl (C=O) groups is 1. The molecule has 0 radical (unpaired) electrons. The van der Waals surface area contributed by atoms with E-state index in [1.54, 1.807) is 37.3 Å². The van der Waals surface area contributed by atoms with Crippen LogP contribution in [0.15, 0.2) is 42.5 Å². The van der Waals surface area contributed by atoms with Crippen LogP contribution in [-0.2, 0) is 4.79 Å². The number of nitriles is 1. The first-order valence-corrected chi connectivity index (χ1v) is 7.21. The Morgan fingerprint density at radius 2 is 2.00 bits per heavy atom. The van der Waals surface area contributed by atoms with E-state index in [1.165, 1.54) is 0 Å². The Labute approximate surface area is 134 Å². The van der Waals surface area contributed by atoms with E-state index in [1.807, 2.05) is 25.1 Å². The van der Waals surface area contributed by atoms with Crippen molar-refractivity contribution in [1.29, 1.82) is 5.26 Å². The van der Waals surface area contributed by atoms with Crippen LogP contribution in [0.3, 0.4) is 0 Å². The lowest BCUT2D eigenvalue weighted by molar-refractivity contribution is -0.116. The molecule has 0 aliphatic carbocycles. The maximum Gasteiger partial charge on any atom is 0.246 e. The summed E-state index contributed by atoms with van der Waals surface area (Å²) in [5.41, 5.74) is 2.87. The van der Waals surface area contributed by atoms with Crippen LogP contribution in [0, 0.1) is 18.3 Å². The molecule has 2 aromatic carbocycles. The number of hydrogen-bond donors (Lipinski definition) is 2. The highest BCUT2D eigenvalue weighted by molar-refractivity contribution is 6.31. The van der Waals surface area contributed by atoms with Crippen molar-refractivity contribution < 1.29 is 4.79 Å². The van der Waals surface area contributed by atoms with Crippen molar-refractivity contribution >= 4 is 28.9 Å². The van der Waals surface area contributed by atoms with Gasteiger partial charge in [-0.25, -0.2) is 0 Å². The lowest BCUT2D eigenvalue weighted by Crippen LogP contribution is -2.31. The second kappa shape index (κ2) is 6.97. The first-order valence-electron chi connectivity index (χ1n) is 6.83. The molecule has 1 unspecified atom stereocenters. The zero-order chi connectivity index (χ0) is 16.1. The number of aryl methyl sites for hydroxylation is 1. The predicted molar refractivity (Wildman–Crippen MR) is 89.1 cm³/mol. The van der Waals surface area contributed by atoms with Gasteiger partial charge in [0.15, 0.2) is 0 Å². The molecule has 1 atom stereocenters. The second-order valence-electron chi connectivity index (χ2n) is 5.01. The van der Waals surface area contributed by atoms with Crippen molar-refractivity contribution in [3.05, 3.63) is 58.6 Å². The lowest BCUT2D eigenvalue weighted by Gasteiger charge is -2.16. The summed E-state index contributed by atoms with van der Waals surface area (Å²) in [6.45, 7) is 3.68. The van der Waals surface area contributed by atoms with Crippen molar-refractivity contribution in [3.8, 4) is 6.07 Å². The minimum absolute atomic E-state index is 0.188. The summed E-state index contributed by atoms with van der Waals surface area (Å²) in [6.07, 6.45) is 0. The van der Waals surface area contributed by atoms with Crippen LogP contribution in [0.5, 0.6) is 0 Å². The molecular formula is C17H16ClN3O. The molecule has 0 aliphatic heterocycles. The molecule has 4 nitrogen and oxygen atoms in total. The van der Waals surface area contributed by atoms with Crippen LogP contribution >= 0.6 is 11.6 Å². The number of rotatable bonds is 4. The van der Waals surface area contributed by atoms with Crippen LogP contribution < -0.4 is 10.6 Å². The molecule has 0 saturated carbocycles. The monoisotopic (exact) mass is 313 g/mol. The maximum absolute atomic E-state index is 12.2. The average Bonchev–Trinajstić information content (AvgIpc) is 2.51. The standard InChI is InChI=1S/C17H16ClN3O/c1-11-6-7-15(9-16(11)18)20-12(2)17(22)21-14-5-3-4-13(8-14)10-19/h3-9,12,20H,1-2H3,(H,21,22). The summed E-state index contributed by atoms with van der Waals surface area (Å²) in [7, 11) is 0. The third-order valence-corrected chi connectivity index (χ3v) is 3.61. The number of halogens is 1. The quantitative estimate of drug-likeness (QED) is 0.898. The van der Waals surface area contributed by atoms with E-state index in [0.717, 1.165) is 11.3 Å². The molecule has 2 N–H and O–H groups in total. The van der Waals surface area contributed by atoms with Gasteiger partial charge in [-0.2, -0.15) is 5.26 Å². The van der Waals surface area contributed by atoms with Crippen molar-refractivity contribution in [2.24, 2.45) is 0 Å². The Hall–Kier alpha value is -2.51. The van der Waals surface area contributed by atoms with Crippen LogP contribution in [0.2, 0.25) is 5.02 Å². The molecule has 0 bridgehead atoms. The minimum Gasteiger partial charge on any atom is -0.374 e. The molecule has 0 heterocycles. The summed E-state index contributed by atoms with van der Waals surface area (Å²) in [4.78, 5) is 12.2. The van der Waals surface area contributed by atoms with Crippen LogP contribution in [0.4, 0.5) is 11.4 Å². The van der Waals surface area contributed by atoms with E-state index in [4.69, 9.17) is 16.9 Å². The molecule has 0 spiro atoms. The Bertz CT molecular complexity index is 737. The van der Waals surface area contributed by atoms with E-state index in [2.05, 4.69) is 10.6 Å². The zero-order valence-electron chi connectivity index (χ0n) is 12.4. The van der Waals surface area contributed by atoms with Gasteiger partial charge in [-0.3, -0.25) is 4.79 Å². The van der Waals surface area contributed by atoms with Gasteiger partial charge in [-0.15, -0.1) is 0 Å². The number of hydrogen-bond acceptors (Lipinski definition) is 3. The number of nitrogens with one attached hydrogen (secondary N) is 2. The summed E-state index contributed by atoms with van der Waals surface area (Å²) < 4.78 is 0. The Balaban J connectivity index is 2.02. The summed E-state index contributed by atoms with van der Waals surface area (Å²) >= 11 is 6.07. The third-order valence-electron chi connectivity index (χ3n) is 3.21. The first-order chi connectivity index (χ1) is 10.5. The number of benzene rings is 2. The lowest BCUT2D eigenvalue weighted by atomic mass is 10.2. The van der Waals surface area contributed by atoms with Crippen molar-refractivity contribution in [1.82, 2.24) is 0 Å². The van der Waals surface area contributed by atoms with Gasteiger partial charge in [0.1, 0.15) is 6.04 Å². The normalized spacial score (nSPS) is 11.4. The highest BCUT2D eigenvalue weighted by atomic mass is 35.5. The molecule has 112 valence electrons. The summed E-state index contributed by atoms with van der Waals surface area (Å²) in [6, 6.07) is 13.9. The SMILES string of the molecule is Cc1ccc(NC(C)C(=O)Nc2cccc(C#N)c2)cc1Cl. The number of anilines is 2. The number of carbonyl (C=O) groups excluding carboxylic acids is 1. The largest absolute Gasteiger partial charge is 0.374 e. The van der Waals surface area contributed by atoms with Gasteiger partial charge >= 0.3 is 0 Å². The molecule has 0 aliphatic rings. The van der Waals surface area contributed by atoms with E-state index in [-0.39, 0.29) is 5.91 Å². The van der Waals surface area contributed by atoms with Gasteiger partial charge in [-0.1, -0.05) is 23.7 Å². The molecule has 1 amide bonds. The van der Waals surface area contributed by atoms with Gasteiger partial charge in [0, 0.05) is 16.4 Å². The molecular weight excluding hydrogens is 298 g/mol. The molecule has 0 saturated heterocycles. The second-order valence-corrected chi connectivity index (χ2v) is 5.42. The minimum atomic E-state index is -0.440. The fourth-order valence-electron chi connectivity index (χ4n) is 1.92. The fraction of sp³-hybridized carbons (Fsp3) is 0.176. The fourth-order valence-corrected chi connectivity index (χ4v) is 2.10. The van der Waals surface area contributed by atoms with Gasteiger partial charge in [0.05, 0.1) is 11.6 Å². The average molecular weight is 314 g/mol. The first kappa shape index (κ1) is 15.9. The molecule has 2 aromatic rings. The molecule has 0 aromatic heterocycles. The van der Waals surface area contributed by atoms with Gasteiger partial charge in [0.25, 0.3) is 0 Å². The molecule has 2 rings (SSSR count). The van der Waals surface area contributed by atoms with Crippen LogP contribution in [0.1, 0.15) is 18.1 Å². The summed E-state index contributed by atoms with van der Waals surface area (Å²) in [5, 5.41) is 15.4. The zero-order valence-corrected chi connectivity index (χ0v) is 13.1. The maximum atomic E-state index is 12.2. The van der Waals surface area contributed by atoms with E-state index in [9.17, 15) is 4.79 Å². The highest BCUT2D eigenvalue weighted by Gasteiger charge is 2.13. The van der Waals surface area contributed by atoms with Crippen LogP contribution in [-0.4, -0.2) is 11.9 Å². The Morgan fingerprint density at radius 1 is 1.23 bits per heavy atom. The highest BCUT2D eigenvalue weighted by Crippen LogP contribution is 2.20. The number of amides is 1. The van der Waals surface area contributed by atoms with Crippen LogP contribution in [0.25, 0.3) is 0 Å². The molecule has 22 heavy (non-hydrogen) atoms. The van der Waals surface area contributed by atoms with Gasteiger partial charge < -0.3 is 10.6 Å². The van der Waals surface area contributed by atoms with Gasteiger partial charge in [0.2, 0.25) is 5.91 Å². The Morgan fingerprint density at radius 3 is 2.68 bits per heavy atom. The topological polar surface area (TPSA) is 64.9 Å². The van der Waals surface area contributed by atoms with E-state index < -0.39 is 6.04 Å². The number of nitrogens with zero attached hydrogens (tertiary/aromatic N) is 1. The summed E-state index contributed by atoms with van der Waals surface area (Å²) in [5.74, 6) is -0.188. The van der Waals surface area contributed by atoms with Crippen molar-refractivity contribution in [3.63, 3.8) is 0 Å². The Kier molecular flexibility index (Phi) is 5.03. The van der Waals surface area contributed by atoms with E-state index in [0.29, 0.717) is 16.3 Å². The van der Waals surface area contributed by atoms with Crippen molar-refractivity contribution in [2.75, 3.05) is 10.6 Å². The molecule has 5 heteroatoms. The van der Waals surface area contributed by atoms with Gasteiger partial charge in [-0.05, 0) is 49.7 Å².